The lowest BCUT2D eigenvalue weighted by Gasteiger charge is -2.21. The molecule has 1 fully saturated rings. The number of carbonyl (C=O) groups excluding carboxylic acids is 2. The van der Waals surface area contributed by atoms with Gasteiger partial charge in [0.05, 0.1) is 0 Å². The van der Waals surface area contributed by atoms with E-state index in [1.165, 1.54) is 0 Å². The van der Waals surface area contributed by atoms with Crippen molar-refractivity contribution in [2.75, 3.05) is 11.9 Å². The number of carbonyl (C=O) groups is 2. The lowest BCUT2D eigenvalue weighted by molar-refractivity contribution is -0.129. The molecular weight excluding hydrogens is 304 g/mol. The van der Waals surface area contributed by atoms with E-state index in [2.05, 4.69) is 10.6 Å². The lowest BCUT2D eigenvalue weighted by atomic mass is 9.96. The molecule has 1 atom stereocenters. The number of anilines is 1. The van der Waals surface area contributed by atoms with Crippen molar-refractivity contribution < 1.29 is 14.3 Å². The SMILES string of the molecule is O=C1C[C@@H](C(=O)Nc2ccc(COc3ccccc3)cc2)CCN1. The molecule has 1 aliphatic rings. The predicted molar refractivity (Wildman–Crippen MR) is 91.6 cm³/mol. The normalized spacial score (nSPS) is 17.0. The third-order valence-corrected chi connectivity index (χ3v) is 3.99. The topological polar surface area (TPSA) is 67.4 Å². The molecule has 1 heterocycles. The Bertz CT molecular complexity index is 698. The summed E-state index contributed by atoms with van der Waals surface area (Å²) in [6, 6.07) is 17.2. The Morgan fingerprint density at radius 1 is 1.12 bits per heavy atom. The van der Waals surface area contributed by atoms with Crippen molar-refractivity contribution in [2.45, 2.75) is 19.4 Å². The van der Waals surface area contributed by atoms with E-state index in [1.807, 2.05) is 54.6 Å². The Hall–Kier alpha value is -2.82. The first-order valence-electron chi connectivity index (χ1n) is 8.05. The number of hydrogen-bond acceptors (Lipinski definition) is 3. The Labute approximate surface area is 141 Å². The molecule has 0 radical (unpaired) electrons. The van der Waals surface area contributed by atoms with Crippen LogP contribution >= 0.6 is 0 Å². The van der Waals surface area contributed by atoms with Gasteiger partial charge in [-0.15, -0.1) is 0 Å². The maximum atomic E-state index is 12.2. The smallest absolute Gasteiger partial charge is 0.228 e. The average Bonchev–Trinajstić information content (AvgIpc) is 2.62. The first-order chi connectivity index (χ1) is 11.7. The average molecular weight is 324 g/mol. The quantitative estimate of drug-likeness (QED) is 0.888. The molecule has 0 bridgehead atoms. The van der Waals surface area contributed by atoms with Gasteiger partial charge >= 0.3 is 0 Å². The minimum Gasteiger partial charge on any atom is -0.489 e. The zero-order valence-electron chi connectivity index (χ0n) is 13.3. The summed E-state index contributed by atoms with van der Waals surface area (Å²) < 4.78 is 5.69. The van der Waals surface area contributed by atoms with Gasteiger partial charge < -0.3 is 15.4 Å². The number of nitrogens with one attached hydrogen (secondary N) is 2. The summed E-state index contributed by atoms with van der Waals surface area (Å²) in [7, 11) is 0. The summed E-state index contributed by atoms with van der Waals surface area (Å²) in [6.07, 6.45) is 0.940. The number of hydrogen-bond donors (Lipinski definition) is 2. The summed E-state index contributed by atoms with van der Waals surface area (Å²) in [5.41, 5.74) is 1.75. The number of benzene rings is 2. The van der Waals surface area contributed by atoms with Crippen LogP contribution in [0, 0.1) is 5.92 Å². The second kappa shape index (κ2) is 7.64. The first kappa shape index (κ1) is 16.1. The van der Waals surface area contributed by atoms with E-state index in [1.54, 1.807) is 0 Å². The second-order valence-electron chi connectivity index (χ2n) is 5.83. The van der Waals surface area contributed by atoms with E-state index < -0.39 is 0 Å². The summed E-state index contributed by atoms with van der Waals surface area (Å²) in [6.45, 7) is 1.04. The van der Waals surface area contributed by atoms with Gasteiger partial charge in [0.1, 0.15) is 12.4 Å². The molecule has 2 amide bonds. The van der Waals surface area contributed by atoms with E-state index in [-0.39, 0.29) is 24.2 Å². The summed E-state index contributed by atoms with van der Waals surface area (Å²) in [5, 5.41) is 5.61. The van der Waals surface area contributed by atoms with Crippen LogP contribution in [0.5, 0.6) is 5.75 Å². The molecule has 2 N–H and O–H groups in total. The number of piperidine rings is 1. The number of para-hydroxylation sites is 1. The molecule has 1 aliphatic heterocycles. The maximum absolute atomic E-state index is 12.2. The van der Waals surface area contributed by atoms with Crippen LogP contribution in [0.1, 0.15) is 18.4 Å². The van der Waals surface area contributed by atoms with Crippen LogP contribution in [-0.4, -0.2) is 18.4 Å². The van der Waals surface area contributed by atoms with Crippen LogP contribution in [-0.2, 0) is 16.2 Å². The molecule has 0 saturated carbocycles. The Balaban J connectivity index is 1.52. The van der Waals surface area contributed by atoms with Crippen LogP contribution in [0.15, 0.2) is 54.6 Å². The summed E-state index contributed by atoms with van der Waals surface area (Å²) in [4.78, 5) is 23.6. The fourth-order valence-corrected chi connectivity index (χ4v) is 2.62. The second-order valence-corrected chi connectivity index (χ2v) is 5.83. The Morgan fingerprint density at radius 3 is 2.58 bits per heavy atom. The molecule has 124 valence electrons. The minimum atomic E-state index is -0.250. The molecule has 0 spiro atoms. The van der Waals surface area contributed by atoms with Crippen molar-refractivity contribution >= 4 is 17.5 Å². The lowest BCUT2D eigenvalue weighted by Crippen LogP contribution is -2.38. The molecule has 0 aliphatic carbocycles. The zero-order chi connectivity index (χ0) is 16.8. The van der Waals surface area contributed by atoms with Crippen molar-refractivity contribution in [3.05, 3.63) is 60.2 Å². The van der Waals surface area contributed by atoms with Gasteiger partial charge in [-0.05, 0) is 36.2 Å². The molecule has 1 saturated heterocycles. The van der Waals surface area contributed by atoms with Crippen LogP contribution in [0.2, 0.25) is 0 Å². The van der Waals surface area contributed by atoms with Crippen LogP contribution in [0.25, 0.3) is 0 Å². The monoisotopic (exact) mass is 324 g/mol. The molecule has 2 aromatic carbocycles. The van der Waals surface area contributed by atoms with Gasteiger partial charge in [0.15, 0.2) is 0 Å². The molecule has 5 heteroatoms. The molecule has 2 aromatic rings. The highest BCUT2D eigenvalue weighted by Crippen LogP contribution is 2.17. The van der Waals surface area contributed by atoms with Gasteiger partial charge in [0, 0.05) is 24.6 Å². The third kappa shape index (κ3) is 4.35. The Morgan fingerprint density at radius 2 is 1.88 bits per heavy atom. The third-order valence-electron chi connectivity index (χ3n) is 3.99. The highest BCUT2D eigenvalue weighted by Gasteiger charge is 2.25. The largest absolute Gasteiger partial charge is 0.489 e. The molecule has 0 unspecified atom stereocenters. The predicted octanol–water partition coefficient (Wildman–Crippen LogP) is 2.73. The number of rotatable bonds is 5. The van der Waals surface area contributed by atoms with Crippen LogP contribution in [0.4, 0.5) is 5.69 Å². The van der Waals surface area contributed by atoms with Crippen molar-refractivity contribution in [2.24, 2.45) is 5.92 Å². The highest BCUT2D eigenvalue weighted by molar-refractivity contribution is 5.95. The van der Waals surface area contributed by atoms with Crippen molar-refractivity contribution in [3.63, 3.8) is 0 Å². The van der Waals surface area contributed by atoms with E-state index in [4.69, 9.17) is 4.74 Å². The van der Waals surface area contributed by atoms with Gasteiger partial charge in [-0.25, -0.2) is 0 Å². The van der Waals surface area contributed by atoms with Crippen molar-refractivity contribution in [1.82, 2.24) is 5.32 Å². The Kier molecular flexibility index (Phi) is 5.11. The van der Waals surface area contributed by atoms with E-state index in [9.17, 15) is 9.59 Å². The van der Waals surface area contributed by atoms with Gasteiger partial charge in [-0.2, -0.15) is 0 Å². The van der Waals surface area contributed by atoms with Crippen LogP contribution < -0.4 is 15.4 Å². The van der Waals surface area contributed by atoms with Gasteiger partial charge in [0.2, 0.25) is 11.8 Å². The van der Waals surface area contributed by atoms with E-state index in [0.29, 0.717) is 19.6 Å². The van der Waals surface area contributed by atoms with Crippen molar-refractivity contribution in [1.29, 1.82) is 0 Å². The molecule has 5 nitrogen and oxygen atoms in total. The molecule has 0 aromatic heterocycles. The van der Waals surface area contributed by atoms with Crippen LogP contribution in [0.3, 0.4) is 0 Å². The minimum absolute atomic E-state index is 0.0604. The van der Waals surface area contributed by atoms with Gasteiger partial charge in [-0.3, -0.25) is 9.59 Å². The highest BCUT2D eigenvalue weighted by atomic mass is 16.5. The maximum Gasteiger partial charge on any atom is 0.228 e. The standard InChI is InChI=1S/C19H20N2O3/c22-18-12-15(10-11-20-18)19(23)21-16-8-6-14(7-9-16)13-24-17-4-2-1-3-5-17/h1-9,15H,10-13H2,(H,20,22)(H,21,23)/t15-/m0/s1. The van der Waals surface area contributed by atoms with Crippen molar-refractivity contribution in [3.8, 4) is 5.75 Å². The van der Waals surface area contributed by atoms with E-state index >= 15 is 0 Å². The number of ether oxygens (including phenoxy) is 1. The molecule has 24 heavy (non-hydrogen) atoms. The summed E-state index contributed by atoms with van der Waals surface area (Å²) >= 11 is 0. The fraction of sp³-hybridized carbons (Fsp3) is 0.263. The zero-order valence-corrected chi connectivity index (χ0v) is 13.3. The fourth-order valence-electron chi connectivity index (χ4n) is 2.62. The van der Waals surface area contributed by atoms with Gasteiger partial charge in [-0.1, -0.05) is 30.3 Å². The van der Waals surface area contributed by atoms with E-state index in [0.717, 1.165) is 17.0 Å². The summed E-state index contributed by atoms with van der Waals surface area (Å²) in [5.74, 6) is 0.415. The molecule has 3 rings (SSSR count). The van der Waals surface area contributed by atoms with Gasteiger partial charge in [0.25, 0.3) is 0 Å². The number of amides is 2. The first-order valence-corrected chi connectivity index (χ1v) is 8.05. The molecular formula is C19H20N2O3.